The highest BCUT2D eigenvalue weighted by Crippen LogP contribution is 2.20. The van der Waals surface area contributed by atoms with Gasteiger partial charge in [0.05, 0.1) is 13.2 Å². The van der Waals surface area contributed by atoms with Crippen molar-refractivity contribution in [3.8, 4) is 0 Å². The van der Waals surface area contributed by atoms with Crippen LogP contribution in [-0.4, -0.2) is 49.7 Å². The summed E-state index contributed by atoms with van der Waals surface area (Å²) in [6.07, 6.45) is 4.20. The van der Waals surface area contributed by atoms with Gasteiger partial charge in [0.15, 0.2) is 0 Å². The number of likely N-dealkylation sites (tertiary alicyclic amines) is 1. The predicted octanol–water partition coefficient (Wildman–Crippen LogP) is 1.44. The summed E-state index contributed by atoms with van der Waals surface area (Å²) in [5.41, 5.74) is 0. The summed E-state index contributed by atoms with van der Waals surface area (Å²) in [7, 11) is 0. The lowest BCUT2D eigenvalue weighted by molar-refractivity contribution is -0.133. The first-order valence-corrected chi connectivity index (χ1v) is 6.88. The molecule has 0 aromatic rings. The van der Waals surface area contributed by atoms with Gasteiger partial charge in [0, 0.05) is 32.1 Å². The minimum Gasteiger partial charge on any atom is -0.378 e. The van der Waals surface area contributed by atoms with Gasteiger partial charge in [-0.25, -0.2) is 0 Å². The van der Waals surface area contributed by atoms with Gasteiger partial charge in [-0.15, -0.1) is 12.4 Å². The Morgan fingerprint density at radius 3 is 2.67 bits per heavy atom. The molecular weight excluding hydrogens is 252 g/mol. The number of piperidine rings is 1. The van der Waals surface area contributed by atoms with Crippen molar-refractivity contribution >= 4 is 18.3 Å². The van der Waals surface area contributed by atoms with Crippen LogP contribution in [-0.2, 0) is 9.53 Å². The Labute approximate surface area is 116 Å². The van der Waals surface area contributed by atoms with Crippen molar-refractivity contribution < 1.29 is 9.53 Å². The molecule has 2 aliphatic heterocycles. The third-order valence-electron chi connectivity index (χ3n) is 3.96. The summed E-state index contributed by atoms with van der Waals surface area (Å²) in [6.45, 7) is 6.46. The average molecular weight is 277 g/mol. The van der Waals surface area contributed by atoms with E-state index in [4.69, 9.17) is 4.74 Å². The highest BCUT2D eigenvalue weighted by molar-refractivity contribution is 5.85. The zero-order valence-electron chi connectivity index (χ0n) is 11.2. The molecule has 1 unspecified atom stereocenters. The summed E-state index contributed by atoms with van der Waals surface area (Å²) >= 11 is 0. The summed E-state index contributed by atoms with van der Waals surface area (Å²) in [6, 6.07) is 0.222. The zero-order valence-corrected chi connectivity index (χ0v) is 12.0. The number of hydrogen-bond donors (Lipinski definition) is 1. The predicted molar refractivity (Wildman–Crippen MR) is 74.1 cm³/mol. The van der Waals surface area contributed by atoms with Crippen LogP contribution >= 0.6 is 12.4 Å². The molecule has 0 spiro atoms. The molecule has 1 atom stereocenters. The molecule has 0 aliphatic carbocycles. The SMILES string of the molecule is CCC1CCN(C(=O)CC2COCCN2)CC1.Cl. The minimum atomic E-state index is 0. The standard InChI is InChI=1S/C13H24N2O2.ClH/c1-2-11-3-6-15(7-4-11)13(16)9-12-10-17-8-5-14-12;/h11-12,14H,2-10H2,1H3;1H. The molecule has 2 rings (SSSR count). The molecule has 1 N–H and O–H groups in total. The molecule has 1 amide bonds. The quantitative estimate of drug-likeness (QED) is 0.848. The Morgan fingerprint density at radius 2 is 2.11 bits per heavy atom. The molecule has 0 radical (unpaired) electrons. The molecule has 0 saturated carbocycles. The van der Waals surface area contributed by atoms with Gasteiger partial charge < -0.3 is 15.0 Å². The van der Waals surface area contributed by atoms with Crippen molar-refractivity contribution in [2.75, 3.05) is 32.8 Å². The first kappa shape index (κ1) is 15.7. The van der Waals surface area contributed by atoms with Crippen LogP contribution in [0.1, 0.15) is 32.6 Å². The van der Waals surface area contributed by atoms with Gasteiger partial charge in [-0.1, -0.05) is 13.3 Å². The second-order valence-corrected chi connectivity index (χ2v) is 5.16. The maximum absolute atomic E-state index is 12.1. The molecule has 2 aliphatic rings. The van der Waals surface area contributed by atoms with E-state index < -0.39 is 0 Å². The fraction of sp³-hybridized carbons (Fsp3) is 0.923. The van der Waals surface area contributed by atoms with Crippen LogP contribution in [0.4, 0.5) is 0 Å². The number of carbonyl (C=O) groups excluding carboxylic acids is 1. The fourth-order valence-electron chi connectivity index (χ4n) is 2.68. The lowest BCUT2D eigenvalue weighted by Crippen LogP contribution is -2.46. The van der Waals surface area contributed by atoms with E-state index in [2.05, 4.69) is 12.2 Å². The largest absolute Gasteiger partial charge is 0.378 e. The van der Waals surface area contributed by atoms with E-state index >= 15 is 0 Å². The first-order valence-electron chi connectivity index (χ1n) is 6.88. The first-order chi connectivity index (χ1) is 8.29. The third kappa shape index (κ3) is 4.41. The van der Waals surface area contributed by atoms with E-state index in [-0.39, 0.29) is 18.4 Å². The molecule has 2 saturated heterocycles. The van der Waals surface area contributed by atoms with Crippen molar-refractivity contribution in [3.05, 3.63) is 0 Å². The van der Waals surface area contributed by atoms with Crippen LogP contribution in [0, 0.1) is 5.92 Å². The molecule has 18 heavy (non-hydrogen) atoms. The molecule has 0 aromatic carbocycles. The van der Waals surface area contributed by atoms with Crippen molar-refractivity contribution in [2.24, 2.45) is 5.92 Å². The number of nitrogens with one attached hydrogen (secondary N) is 1. The molecule has 2 heterocycles. The number of hydrogen-bond acceptors (Lipinski definition) is 3. The molecular formula is C13H25ClN2O2. The fourth-order valence-corrected chi connectivity index (χ4v) is 2.68. The van der Waals surface area contributed by atoms with Gasteiger partial charge in [0.1, 0.15) is 0 Å². The van der Waals surface area contributed by atoms with E-state index in [0.717, 1.165) is 32.2 Å². The number of halogens is 1. The van der Waals surface area contributed by atoms with Crippen molar-refractivity contribution in [1.82, 2.24) is 10.2 Å². The monoisotopic (exact) mass is 276 g/mol. The van der Waals surface area contributed by atoms with Gasteiger partial charge in [-0.3, -0.25) is 4.79 Å². The number of nitrogens with zero attached hydrogens (tertiary/aromatic N) is 1. The minimum absolute atomic E-state index is 0. The Kier molecular flexibility index (Phi) is 6.97. The Morgan fingerprint density at radius 1 is 1.39 bits per heavy atom. The van der Waals surface area contributed by atoms with Gasteiger partial charge in [0.2, 0.25) is 5.91 Å². The van der Waals surface area contributed by atoms with Crippen LogP contribution in [0.25, 0.3) is 0 Å². The van der Waals surface area contributed by atoms with Gasteiger partial charge >= 0.3 is 0 Å². The third-order valence-corrected chi connectivity index (χ3v) is 3.96. The second-order valence-electron chi connectivity index (χ2n) is 5.16. The topological polar surface area (TPSA) is 41.6 Å². The van der Waals surface area contributed by atoms with Crippen LogP contribution in [0.5, 0.6) is 0 Å². The number of morpholine rings is 1. The Balaban J connectivity index is 0.00000162. The lowest BCUT2D eigenvalue weighted by atomic mass is 9.94. The lowest BCUT2D eigenvalue weighted by Gasteiger charge is -2.33. The maximum Gasteiger partial charge on any atom is 0.224 e. The molecule has 0 aromatic heterocycles. The highest BCUT2D eigenvalue weighted by atomic mass is 35.5. The Bertz CT molecular complexity index is 249. The second kappa shape index (κ2) is 7.97. The van der Waals surface area contributed by atoms with Crippen molar-refractivity contribution in [3.63, 3.8) is 0 Å². The molecule has 106 valence electrons. The summed E-state index contributed by atoms with van der Waals surface area (Å²) < 4.78 is 5.37. The van der Waals surface area contributed by atoms with E-state index in [1.165, 1.54) is 19.3 Å². The normalized spacial score (nSPS) is 25.6. The summed E-state index contributed by atoms with van der Waals surface area (Å²) in [5, 5.41) is 3.34. The van der Waals surface area contributed by atoms with Gasteiger partial charge in [-0.05, 0) is 18.8 Å². The van der Waals surface area contributed by atoms with E-state index in [1.807, 2.05) is 4.90 Å². The number of carbonyl (C=O) groups is 1. The number of amides is 1. The summed E-state index contributed by atoms with van der Waals surface area (Å²) in [4.78, 5) is 14.1. The summed E-state index contributed by atoms with van der Waals surface area (Å²) in [5.74, 6) is 1.12. The van der Waals surface area contributed by atoms with E-state index in [9.17, 15) is 4.79 Å². The Hall–Kier alpha value is -0.320. The molecule has 0 bridgehead atoms. The number of rotatable bonds is 3. The molecule has 5 heteroatoms. The number of ether oxygens (including phenoxy) is 1. The maximum atomic E-state index is 12.1. The smallest absolute Gasteiger partial charge is 0.224 e. The van der Waals surface area contributed by atoms with Crippen LogP contribution in [0.15, 0.2) is 0 Å². The van der Waals surface area contributed by atoms with E-state index in [0.29, 0.717) is 18.9 Å². The van der Waals surface area contributed by atoms with Gasteiger partial charge in [0.25, 0.3) is 0 Å². The molecule has 2 fully saturated rings. The van der Waals surface area contributed by atoms with Crippen molar-refractivity contribution in [2.45, 2.75) is 38.6 Å². The highest BCUT2D eigenvalue weighted by Gasteiger charge is 2.24. The van der Waals surface area contributed by atoms with E-state index in [1.54, 1.807) is 0 Å². The van der Waals surface area contributed by atoms with Crippen LogP contribution in [0.3, 0.4) is 0 Å². The van der Waals surface area contributed by atoms with Crippen molar-refractivity contribution in [1.29, 1.82) is 0 Å². The molecule has 4 nitrogen and oxygen atoms in total. The zero-order chi connectivity index (χ0) is 12.1. The van der Waals surface area contributed by atoms with Crippen LogP contribution in [0.2, 0.25) is 0 Å². The van der Waals surface area contributed by atoms with Crippen LogP contribution < -0.4 is 5.32 Å². The van der Waals surface area contributed by atoms with Gasteiger partial charge in [-0.2, -0.15) is 0 Å². The average Bonchev–Trinajstić information content (AvgIpc) is 2.40.